The molecule has 0 aromatic heterocycles. The van der Waals surface area contributed by atoms with Gasteiger partial charge in [0.25, 0.3) is 0 Å². The fraction of sp³-hybridized carbons (Fsp3) is 0.533. The zero-order chi connectivity index (χ0) is 15.1. The second-order valence-corrected chi connectivity index (χ2v) is 5.10. The molecule has 1 rings (SSSR count). The summed E-state index contributed by atoms with van der Waals surface area (Å²) in [4.78, 5) is 12.8. The first-order valence-corrected chi connectivity index (χ1v) is 6.78. The van der Waals surface area contributed by atoms with E-state index >= 15 is 0 Å². The molecular formula is C15H24N2O3. The number of carbonyl (C=O) groups is 1. The Morgan fingerprint density at radius 3 is 2.45 bits per heavy atom. The molecule has 0 unspecified atom stereocenters. The Bertz CT molecular complexity index is 418. The highest BCUT2D eigenvalue weighted by molar-refractivity contribution is 5.90. The molecule has 0 aliphatic carbocycles. The van der Waals surface area contributed by atoms with Crippen molar-refractivity contribution in [2.75, 3.05) is 25.1 Å². The lowest BCUT2D eigenvalue weighted by Crippen LogP contribution is -2.35. The molecule has 20 heavy (non-hydrogen) atoms. The minimum atomic E-state index is -0.544. The number of aliphatic hydroxyl groups excluding tert-OH is 1. The maximum Gasteiger partial charge on any atom is 0.223 e. The van der Waals surface area contributed by atoms with Gasteiger partial charge >= 0.3 is 0 Å². The van der Waals surface area contributed by atoms with Gasteiger partial charge in [-0.15, -0.1) is 0 Å². The molecule has 0 fully saturated rings. The Hall–Kier alpha value is -1.59. The smallest absolute Gasteiger partial charge is 0.223 e. The molecule has 0 aliphatic rings. The van der Waals surface area contributed by atoms with Gasteiger partial charge in [0.2, 0.25) is 5.91 Å². The molecule has 5 heteroatoms. The van der Waals surface area contributed by atoms with Crippen molar-refractivity contribution in [3.63, 3.8) is 0 Å². The molecule has 0 heterocycles. The first-order valence-electron chi connectivity index (χ1n) is 6.78. The lowest BCUT2D eigenvalue weighted by molar-refractivity contribution is -0.116. The van der Waals surface area contributed by atoms with Gasteiger partial charge < -0.3 is 20.1 Å². The SMILES string of the molecule is CC(=O)N(C)c1ccc(OC[C@H](O)CNC(C)C)cc1. The Balaban J connectivity index is 2.44. The monoisotopic (exact) mass is 280 g/mol. The van der Waals surface area contributed by atoms with Crippen LogP contribution in [0, 0.1) is 0 Å². The minimum absolute atomic E-state index is 0.0196. The quantitative estimate of drug-likeness (QED) is 0.792. The molecule has 1 atom stereocenters. The minimum Gasteiger partial charge on any atom is -0.491 e. The molecule has 0 saturated heterocycles. The third kappa shape index (κ3) is 5.59. The van der Waals surface area contributed by atoms with Crippen LogP contribution in [0.5, 0.6) is 5.75 Å². The average Bonchev–Trinajstić information content (AvgIpc) is 2.42. The van der Waals surface area contributed by atoms with Gasteiger partial charge in [0.15, 0.2) is 0 Å². The molecule has 2 N–H and O–H groups in total. The van der Waals surface area contributed by atoms with Crippen molar-refractivity contribution in [3.8, 4) is 5.75 Å². The molecule has 0 radical (unpaired) electrons. The summed E-state index contributed by atoms with van der Waals surface area (Å²) in [5.74, 6) is 0.656. The normalized spacial score (nSPS) is 12.3. The Labute approximate surface area is 120 Å². The van der Waals surface area contributed by atoms with Crippen LogP contribution >= 0.6 is 0 Å². The number of benzene rings is 1. The second-order valence-electron chi connectivity index (χ2n) is 5.10. The van der Waals surface area contributed by atoms with E-state index in [1.807, 2.05) is 26.0 Å². The predicted molar refractivity (Wildman–Crippen MR) is 80.2 cm³/mol. The summed E-state index contributed by atoms with van der Waals surface area (Å²) < 4.78 is 5.50. The van der Waals surface area contributed by atoms with Gasteiger partial charge in [-0.2, -0.15) is 0 Å². The topological polar surface area (TPSA) is 61.8 Å². The number of hydrogen-bond donors (Lipinski definition) is 2. The molecule has 0 bridgehead atoms. The summed E-state index contributed by atoms with van der Waals surface area (Å²) >= 11 is 0. The number of nitrogens with zero attached hydrogens (tertiary/aromatic N) is 1. The molecule has 0 saturated carbocycles. The lowest BCUT2D eigenvalue weighted by atomic mass is 10.2. The van der Waals surface area contributed by atoms with E-state index in [-0.39, 0.29) is 12.5 Å². The first-order chi connectivity index (χ1) is 9.40. The highest BCUT2D eigenvalue weighted by Crippen LogP contribution is 2.18. The lowest BCUT2D eigenvalue weighted by Gasteiger charge is -2.17. The van der Waals surface area contributed by atoms with Crippen molar-refractivity contribution in [2.24, 2.45) is 0 Å². The van der Waals surface area contributed by atoms with Gasteiger partial charge in [0.05, 0.1) is 0 Å². The van der Waals surface area contributed by atoms with Crippen molar-refractivity contribution in [3.05, 3.63) is 24.3 Å². The number of aliphatic hydroxyl groups is 1. The van der Waals surface area contributed by atoms with Crippen molar-refractivity contribution < 1.29 is 14.6 Å². The van der Waals surface area contributed by atoms with E-state index in [9.17, 15) is 9.90 Å². The maximum absolute atomic E-state index is 11.2. The maximum atomic E-state index is 11.2. The van der Waals surface area contributed by atoms with Crippen LogP contribution in [0.2, 0.25) is 0 Å². The summed E-state index contributed by atoms with van der Waals surface area (Å²) in [6.45, 7) is 6.31. The molecule has 1 aromatic rings. The second kappa shape index (κ2) is 7.87. The van der Waals surface area contributed by atoms with Crippen molar-refractivity contribution in [1.29, 1.82) is 0 Å². The van der Waals surface area contributed by atoms with Crippen LogP contribution in [0.3, 0.4) is 0 Å². The number of amides is 1. The van der Waals surface area contributed by atoms with Gasteiger partial charge in [-0.25, -0.2) is 0 Å². The Morgan fingerprint density at radius 2 is 1.95 bits per heavy atom. The number of anilines is 1. The van der Waals surface area contributed by atoms with Crippen LogP contribution in [0.15, 0.2) is 24.3 Å². The summed E-state index contributed by atoms with van der Waals surface area (Å²) in [7, 11) is 1.72. The molecule has 1 aromatic carbocycles. The molecule has 1 amide bonds. The van der Waals surface area contributed by atoms with Crippen molar-refractivity contribution >= 4 is 11.6 Å². The number of nitrogens with one attached hydrogen (secondary N) is 1. The Kier molecular flexibility index (Phi) is 6.48. The van der Waals surface area contributed by atoms with Crippen LogP contribution in [0.4, 0.5) is 5.69 Å². The van der Waals surface area contributed by atoms with E-state index < -0.39 is 6.10 Å². The molecule has 0 aliphatic heterocycles. The van der Waals surface area contributed by atoms with Gasteiger partial charge in [0.1, 0.15) is 18.5 Å². The van der Waals surface area contributed by atoms with Crippen molar-refractivity contribution in [2.45, 2.75) is 32.9 Å². The summed E-state index contributed by atoms with van der Waals surface area (Å²) in [6.07, 6.45) is -0.544. The summed E-state index contributed by atoms with van der Waals surface area (Å²) in [6, 6.07) is 7.55. The third-order valence-electron chi connectivity index (χ3n) is 2.90. The largest absolute Gasteiger partial charge is 0.491 e. The number of rotatable bonds is 7. The number of ether oxygens (including phenoxy) is 1. The van der Waals surface area contributed by atoms with Gasteiger partial charge in [0, 0.05) is 32.2 Å². The van der Waals surface area contributed by atoms with E-state index in [1.165, 1.54) is 6.92 Å². The van der Waals surface area contributed by atoms with Crippen LogP contribution in [-0.4, -0.2) is 43.4 Å². The predicted octanol–water partition coefficient (Wildman–Crippen LogP) is 1.41. The molecule has 5 nitrogen and oxygen atoms in total. The van der Waals surface area contributed by atoms with Crippen LogP contribution in [0.1, 0.15) is 20.8 Å². The highest BCUT2D eigenvalue weighted by atomic mass is 16.5. The van der Waals surface area contributed by atoms with E-state index in [1.54, 1.807) is 24.1 Å². The van der Waals surface area contributed by atoms with Crippen LogP contribution in [0.25, 0.3) is 0 Å². The van der Waals surface area contributed by atoms with Crippen LogP contribution < -0.4 is 15.0 Å². The summed E-state index contributed by atoms with van der Waals surface area (Å²) in [5.41, 5.74) is 0.812. The third-order valence-corrected chi connectivity index (χ3v) is 2.90. The average molecular weight is 280 g/mol. The van der Waals surface area contributed by atoms with E-state index in [0.717, 1.165) is 5.69 Å². The Morgan fingerprint density at radius 1 is 1.35 bits per heavy atom. The fourth-order valence-electron chi connectivity index (χ4n) is 1.57. The highest BCUT2D eigenvalue weighted by Gasteiger charge is 2.07. The molecule has 0 spiro atoms. The zero-order valence-corrected chi connectivity index (χ0v) is 12.6. The number of hydrogen-bond acceptors (Lipinski definition) is 4. The van der Waals surface area contributed by atoms with Crippen LogP contribution in [-0.2, 0) is 4.79 Å². The van der Waals surface area contributed by atoms with Gasteiger partial charge in [-0.1, -0.05) is 13.8 Å². The molecular weight excluding hydrogens is 256 g/mol. The van der Waals surface area contributed by atoms with E-state index in [2.05, 4.69) is 5.32 Å². The van der Waals surface area contributed by atoms with E-state index in [0.29, 0.717) is 18.3 Å². The zero-order valence-electron chi connectivity index (χ0n) is 12.6. The van der Waals surface area contributed by atoms with Crippen molar-refractivity contribution in [1.82, 2.24) is 5.32 Å². The fourth-order valence-corrected chi connectivity index (χ4v) is 1.57. The summed E-state index contributed by atoms with van der Waals surface area (Å²) in [5, 5.41) is 12.9. The standard InChI is InChI=1S/C15H24N2O3/c1-11(2)16-9-14(19)10-20-15-7-5-13(6-8-15)17(4)12(3)18/h5-8,11,14,16,19H,9-10H2,1-4H3/t14-/m1/s1. The number of carbonyl (C=O) groups excluding carboxylic acids is 1. The van der Waals surface area contributed by atoms with Gasteiger partial charge in [-0.05, 0) is 24.3 Å². The van der Waals surface area contributed by atoms with Gasteiger partial charge in [-0.3, -0.25) is 4.79 Å². The molecule has 112 valence electrons. The van der Waals surface area contributed by atoms with E-state index in [4.69, 9.17) is 4.74 Å². The first kappa shape index (κ1) is 16.5.